The first-order valence-corrected chi connectivity index (χ1v) is 27.1. The minimum atomic E-state index is -2.12. The average Bonchev–Trinajstić information content (AvgIpc) is 3.98. The third-order valence-corrected chi connectivity index (χ3v) is 15.8. The molecule has 2 bridgehead atoms. The fraction of sp³-hybridized carbons (Fsp3) is 0.357. The molecule has 5 heterocycles. The van der Waals surface area contributed by atoms with Gasteiger partial charge in [-0.05, 0) is 81.3 Å². The molecule has 1 fully saturated rings. The summed E-state index contributed by atoms with van der Waals surface area (Å²) in [4.78, 5) is 144. The molecule has 0 saturated carbocycles. The summed E-state index contributed by atoms with van der Waals surface area (Å²) in [5.74, 6) is -9.27. The molecule has 26 heteroatoms. The fourth-order valence-corrected chi connectivity index (χ4v) is 11.5. The van der Waals surface area contributed by atoms with Crippen LogP contribution in [0.5, 0.6) is 5.75 Å². The van der Waals surface area contributed by atoms with E-state index in [-0.39, 0.29) is 58.9 Å². The first-order chi connectivity index (χ1) is 38.9. The maximum Gasteiger partial charge on any atom is 0.336 e. The number of phenols is 1. The molecule has 1 saturated heterocycles. The maximum absolute atomic E-state index is 14.9. The van der Waals surface area contributed by atoms with Crippen LogP contribution < -0.4 is 42.6 Å². The van der Waals surface area contributed by atoms with Crippen LogP contribution >= 0.6 is 11.8 Å². The van der Waals surface area contributed by atoms with Gasteiger partial charge in [-0.2, -0.15) is 0 Å². The highest BCUT2D eigenvalue weighted by Gasteiger charge is 2.44. The number of carbonyl (C=O) groups is 9. The summed E-state index contributed by atoms with van der Waals surface area (Å²) >= 11 is 1.03. The van der Waals surface area contributed by atoms with Crippen LogP contribution in [-0.2, 0) is 40.0 Å². The molecule has 0 radical (unpaired) electrons. The van der Waals surface area contributed by atoms with E-state index in [2.05, 4.69) is 42.2 Å². The first kappa shape index (κ1) is 57.8. The number of carbonyl (C=O) groups excluding carboxylic acids is 8. The van der Waals surface area contributed by atoms with E-state index in [4.69, 9.17) is 4.42 Å². The summed E-state index contributed by atoms with van der Waals surface area (Å²) in [5, 5.41) is 73.6. The predicted octanol–water partition coefficient (Wildman–Crippen LogP) is -0.0260. The SMILES string of the molecule is CC1NC(=O)C(CC(C)(O)CNC(=O)c2ccc(-c3c4ccc(=O)cc-4oc4cc(O)ccc34)c(C(=O)O)c2)NC(=O)C2Cc3c([nH]c4ccccc34)SCC(NC(=O)C(C(C)O)NC1=O)C(=O)N1CC(O)CC1C(=O)NC(C)C(=O)N2. The molecule has 1 aromatic heterocycles. The van der Waals surface area contributed by atoms with Crippen molar-refractivity contribution in [2.24, 2.45) is 0 Å². The summed E-state index contributed by atoms with van der Waals surface area (Å²) in [6.45, 7) is 4.01. The second-order valence-electron chi connectivity index (χ2n) is 21.0. The van der Waals surface area contributed by atoms with Gasteiger partial charge in [0.1, 0.15) is 59.4 Å². The van der Waals surface area contributed by atoms with E-state index in [1.807, 2.05) is 0 Å². The number of hydrogen-bond donors (Lipinski definition) is 13. The van der Waals surface area contributed by atoms with Gasteiger partial charge in [0.15, 0.2) is 5.43 Å². The van der Waals surface area contributed by atoms with Crippen LogP contribution in [0.15, 0.2) is 93.1 Å². The molecule has 8 amide bonds. The quantitative estimate of drug-likeness (QED) is 0.0890. The molecule has 25 nitrogen and oxygen atoms in total. The third-order valence-electron chi connectivity index (χ3n) is 14.6. The molecule has 13 N–H and O–H groups in total. The van der Waals surface area contributed by atoms with Crippen molar-refractivity contribution in [1.82, 2.24) is 47.1 Å². The van der Waals surface area contributed by atoms with E-state index >= 15 is 0 Å². The predicted molar refractivity (Wildman–Crippen MR) is 294 cm³/mol. The number of para-hydroxylation sites is 1. The summed E-state index contributed by atoms with van der Waals surface area (Å²) in [7, 11) is 0. The van der Waals surface area contributed by atoms with E-state index in [1.54, 1.807) is 24.3 Å². The highest BCUT2D eigenvalue weighted by Crippen LogP contribution is 2.42. The molecule has 0 spiro atoms. The molecule has 1 aliphatic carbocycles. The van der Waals surface area contributed by atoms with Crippen LogP contribution in [0, 0.1) is 0 Å². The van der Waals surface area contributed by atoms with Crippen LogP contribution in [0.2, 0.25) is 0 Å². The number of H-pyrrole nitrogens is 1. The van der Waals surface area contributed by atoms with Gasteiger partial charge in [0.2, 0.25) is 41.4 Å². The van der Waals surface area contributed by atoms with Crippen LogP contribution in [-0.4, -0.2) is 168 Å². The maximum atomic E-state index is 14.9. The zero-order valence-corrected chi connectivity index (χ0v) is 45.3. The summed E-state index contributed by atoms with van der Waals surface area (Å²) in [6, 6.07) is 8.09. The van der Waals surface area contributed by atoms with Crippen molar-refractivity contribution in [1.29, 1.82) is 0 Å². The standard InChI is InChI=1S/C56H59N9O16S/c1-24-46(70)60-38-19-35-31-7-5-6-8-37(31)63-53(35)82-22-40(54(77)65-21-30(69)16-41(65)51(75)59-24)62-52(76)45(26(3)66)64-47(71)25(2)58-50(74)39(61-49(38)73)20-56(4,80)23-57-48(72)27-9-12-32(36(15-27)55(78)79)44-33-13-10-28(67)17-42(33)81-43-18-29(68)11-14-34(43)44/h5-15,17-18,24-26,30,38-41,45,63,66-67,69,80H,16,19-23H2,1-4H3,(H,57,72)(H,58,74)(H,59,75)(H,60,70)(H,61,73)(H,62,76)(H,64,71)(H,78,79). The fourth-order valence-electron chi connectivity index (χ4n) is 10.4. The third kappa shape index (κ3) is 12.2. The topological polar surface area (TPSA) is 388 Å². The van der Waals surface area contributed by atoms with Crippen LogP contribution in [0.25, 0.3) is 44.3 Å². The van der Waals surface area contributed by atoms with Crippen molar-refractivity contribution in [3.05, 3.63) is 106 Å². The largest absolute Gasteiger partial charge is 0.508 e. The molecule has 10 atom stereocenters. The number of amides is 8. The zero-order valence-electron chi connectivity index (χ0n) is 44.5. The van der Waals surface area contributed by atoms with E-state index in [1.165, 1.54) is 76.2 Å². The number of carboxylic acid groups (broad SMARTS) is 1. The number of benzene rings is 4. The van der Waals surface area contributed by atoms with Crippen molar-refractivity contribution in [2.45, 2.75) is 112 Å². The summed E-state index contributed by atoms with van der Waals surface area (Å²) in [6.07, 6.45) is -4.02. The van der Waals surface area contributed by atoms with E-state index in [0.717, 1.165) is 22.7 Å². The number of aliphatic hydroxyl groups excluding tert-OH is 2. The van der Waals surface area contributed by atoms with Gasteiger partial charge in [-0.3, -0.25) is 43.2 Å². The Labute approximate surface area is 470 Å². The molecule has 430 valence electrons. The second kappa shape index (κ2) is 23.3. The Kier molecular flexibility index (Phi) is 16.4. The molecular weight excluding hydrogens is 1090 g/mol. The van der Waals surface area contributed by atoms with Gasteiger partial charge in [0, 0.05) is 83.2 Å². The lowest BCUT2D eigenvalue weighted by Crippen LogP contribution is -2.62. The van der Waals surface area contributed by atoms with Gasteiger partial charge in [-0.15, -0.1) is 11.8 Å². The van der Waals surface area contributed by atoms with Crippen molar-refractivity contribution in [2.75, 3.05) is 18.8 Å². The number of aromatic amines is 1. The van der Waals surface area contributed by atoms with Crippen molar-refractivity contribution in [3.8, 4) is 28.2 Å². The number of aromatic nitrogens is 1. The highest BCUT2D eigenvalue weighted by atomic mass is 32.2. The number of carboxylic acids is 1. The number of thioether (sulfide) groups is 1. The summed E-state index contributed by atoms with van der Waals surface area (Å²) in [5.41, 5.74) is -1.10. The van der Waals surface area contributed by atoms with Crippen LogP contribution in [0.3, 0.4) is 0 Å². The number of rotatable bonds is 8. The van der Waals surface area contributed by atoms with Crippen LogP contribution in [0.1, 0.15) is 66.8 Å². The normalized spacial score (nSPS) is 24.4. The number of phenolic OH excluding ortho intramolecular Hbond substituents is 1. The average molecular weight is 1150 g/mol. The Hall–Kier alpha value is -8.85. The zero-order chi connectivity index (χ0) is 59.1. The molecule has 5 aliphatic rings. The number of aromatic hydroxyl groups is 1. The molecule has 3 aromatic carbocycles. The van der Waals surface area contributed by atoms with Gasteiger partial charge in [0.05, 0.1) is 28.4 Å². The van der Waals surface area contributed by atoms with Gasteiger partial charge in [0.25, 0.3) is 5.91 Å². The number of nitrogens with one attached hydrogen (secondary N) is 8. The van der Waals surface area contributed by atoms with Gasteiger partial charge >= 0.3 is 5.97 Å². The lowest BCUT2D eigenvalue weighted by atomic mass is 9.89. The number of fused-ring (bicyclic) bond motifs is 7. The van der Waals surface area contributed by atoms with Gasteiger partial charge in [-0.1, -0.05) is 24.3 Å². The Bertz CT molecular complexity index is 3620. The smallest absolute Gasteiger partial charge is 0.336 e. The molecule has 9 rings (SSSR count). The molecule has 4 aromatic rings. The monoisotopic (exact) mass is 1150 g/mol. The Morgan fingerprint density at radius 3 is 2.22 bits per heavy atom. The summed E-state index contributed by atoms with van der Waals surface area (Å²) < 4.78 is 5.91. The Balaban J connectivity index is 1.05. The lowest BCUT2D eigenvalue weighted by molar-refractivity contribution is -0.142. The lowest BCUT2D eigenvalue weighted by Gasteiger charge is -2.31. The number of nitrogens with zero attached hydrogens (tertiary/aromatic N) is 1. The highest BCUT2D eigenvalue weighted by molar-refractivity contribution is 7.99. The van der Waals surface area contributed by atoms with Crippen LogP contribution in [0.4, 0.5) is 0 Å². The van der Waals surface area contributed by atoms with E-state index < -0.39 is 132 Å². The van der Waals surface area contributed by atoms with Crippen molar-refractivity contribution < 1.29 is 73.1 Å². The Morgan fingerprint density at radius 1 is 0.793 bits per heavy atom. The van der Waals surface area contributed by atoms with E-state index in [0.29, 0.717) is 38.0 Å². The molecule has 10 unspecified atom stereocenters. The van der Waals surface area contributed by atoms with Crippen molar-refractivity contribution in [3.63, 3.8) is 0 Å². The van der Waals surface area contributed by atoms with Crippen molar-refractivity contribution >= 4 is 86.9 Å². The number of hydrogen-bond acceptors (Lipinski definition) is 16. The minimum absolute atomic E-state index is 0.0982. The number of aliphatic hydroxyl groups is 3. The first-order valence-electron chi connectivity index (χ1n) is 26.2. The number of aromatic carboxylic acids is 1. The molecule has 4 aliphatic heterocycles. The minimum Gasteiger partial charge on any atom is -0.508 e. The van der Waals surface area contributed by atoms with Gasteiger partial charge in [-0.25, -0.2) is 4.79 Å². The molecule has 82 heavy (non-hydrogen) atoms. The van der Waals surface area contributed by atoms with Gasteiger partial charge < -0.3 is 77.1 Å². The second-order valence-corrected chi connectivity index (χ2v) is 22.1. The Morgan fingerprint density at radius 2 is 1.49 bits per heavy atom. The molecular formula is C56H59N9O16S. The van der Waals surface area contributed by atoms with E-state index in [9.17, 15) is 73.5 Å².